The number of aromatic nitrogens is 2. The second-order valence-electron chi connectivity index (χ2n) is 5.63. The number of nitrogens with one attached hydrogen (secondary N) is 1. The lowest BCUT2D eigenvalue weighted by Gasteiger charge is -2.12. The third-order valence-corrected chi connectivity index (χ3v) is 5.00. The fourth-order valence-electron chi connectivity index (χ4n) is 2.58. The van der Waals surface area contributed by atoms with E-state index >= 15 is 0 Å². The van der Waals surface area contributed by atoms with Gasteiger partial charge in [-0.15, -0.1) is 0 Å². The molecule has 0 fully saturated rings. The maximum atomic E-state index is 4.49. The maximum Gasteiger partial charge on any atom is 0.183 e. The molecule has 1 aromatic carbocycles. The van der Waals surface area contributed by atoms with E-state index in [1.165, 1.54) is 32.7 Å². The van der Waals surface area contributed by atoms with Crippen LogP contribution in [0.4, 0.5) is 5.13 Å². The number of benzene rings is 1. The van der Waals surface area contributed by atoms with E-state index in [4.69, 9.17) is 0 Å². The predicted octanol–water partition coefficient (Wildman–Crippen LogP) is 5.31. The number of rotatable bonds is 5. The van der Waals surface area contributed by atoms with Crippen LogP contribution in [-0.2, 0) is 0 Å². The molecule has 0 aliphatic carbocycles. The van der Waals surface area contributed by atoms with Crippen molar-refractivity contribution in [3.63, 3.8) is 0 Å². The van der Waals surface area contributed by atoms with Gasteiger partial charge in [-0.25, -0.2) is 4.98 Å². The molecule has 0 saturated heterocycles. The van der Waals surface area contributed by atoms with E-state index < -0.39 is 0 Å². The normalized spacial score (nSPS) is 10.7. The van der Waals surface area contributed by atoms with Gasteiger partial charge >= 0.3 is 0 Å². The van der Waals surface area contributed by atoms with Gasteiger partial charge in [-0.3, -0.25) is 4.98 Å². The fraction of sp³-hybridized carbons (Fsp3) is 0.263. The molecule has 118 valence electrons. The lowest BCUT2D eigenvalue weighted by Crippen LogP contribution is -1.97. The van der Waals surface area contributed by atoms with E-state index in [1.807, 2.05) is 18.6 Å². The molecule has 2 heterocycles. The van der Waals surface area contributed by atoms with Gasteiger partial charge in [0.25, 0.3) is 0 Å². The van der Waals surface area contributed by atoms with Crippen LogP contribution in [0.3, 0.4) is 0 Å². The highest BCUT2D eigenvalue weighted by molar-refractivity contribution is 7.18. The summed E-state index contributed by atoms with van der Waals surface area (Å²) in [6.07, 6.45) is 6.85. The molecule has 0 spiro atoms. The minimum Gasteiger partial charge on any atom is -0.362 e. The van der Waals surface area contributed by atoms with E-state index in [0.717, 1.165) is 18.1 Å². The lowest BCUT2D eigenvalue weighted by molar-refractivity contribution is 0.976. The minimum absolute atomic E-state index is 0.952. The first-order valence-corrected chi connectivity index (χ1v) is 8.73. The summed E-state index contributed by atoms with van der Waals surface area (Å²) in [4.78, 5) is 10.0. The summed E-state index contributed by atoms with van der Waals surface area (Å²) < 4.78 is 0. The Hall–Kier alpha value is -2.20. The highest BCUT2D eigenvalue weighted by Crippen LogP contribution is 2.37. The van der Waals surface area contributed by atoms with E-state index in [9.17, 15) is 0 Å². The number of anilines is 1. The van der Waals surface area contributed by atoms with Crippen molar-refractivity contribution in [1.29, 1.82) is 0 Å². The molecule has 0 aliphatic heterocycles. The quantitative estimate of drug-likeness (QED) is 0.691. The molecular formula is C19H21N3S. The second kappa shape index (κ2) is 6.92. The van der Waals surface area contributed by atoms with Crippen LogP contribution in [-0.4, -0.2) is 16.5 Å². The average molecular weight is 323 g/mol. The molecular weight excluding hydrogens is 302 g/mol. The average Bonchev–Trinajstić information content (AvgIpc) is 3.04. The Labute approximate surface area is 141 Å². The van der Waals surface area contributed by atoms with Gasteiger partial charge in [0.1, 0.15) is 0 Å². The van der Waals surface area contributed by atoms with Crippen molar-refractivity contribution in [3.8, 4) is 21.6 Å². The molecule has 1 N–H and O–H groups in total. The first-order valence-electron chi connectivity index (χ1n) is 7.91. The Morgan fingerprint density at radius 2 is 1.91 bits per heavy atom. The van der Waals surface area contributed by atoms with Crippen LogP contribution in [0, 0.1) is 13.8 Å². The van der Waals surface area contributed by atoms with E-state index in [-0.39, 0.29) is 0 Å². The van der Waals surface area contributed by atoms with Crippen molar-refractivity contribution in [2.45, 2.75) is 27.2 Å². The standard InChI is InChI=1S/C19H21N3S/c1-4-9-21-19-22-12-18(23-19)16-8-10-20-11-17(16)15-7-5-6-13(2)14(15)3/h5-8,10-12H,4,9H2,1-3H3,(H,21,22). The molecule has 4 heteroatoms. The van der Waals surface area contributed by atoms with Crippen LogP contribution in [0.1, 0.15) is 24.5 Å². The predicted molar refractivity (Wildman–Crippen MR) is 99.0 cm³/mol. The highest BCUT2D eigenvalue weighted by Gasteiger charge is 2.13. The molecule has 3 nitrogen and oxygen atoms in total. The summed E-state index contributed by atoms with van der Waals surface area (Å²) in [5.74, 6) is 0. The zero-order chi connectivity index (χ0) is 16.2. The molecule has 0 atom stereocenters. The minimum atomic E-state index is 0.952. The van der Waals surface area contributed by atoms with Crippen LogP contribution in [0.2, 0.25) is 0 Å². The molecule has 0 unspecified atom stereocenters. The monoisotopic (exact) mass is 323 g/mol. The van der Waals surface area contributed by atoms with E-state index in [2.05, 4.69) is 60.3 Å². The molecule has 0 radical (unpaired) electrons. The maximum absolute atomic E-state index is 4.49. The van der Waals surface area contributed by atoms with Crippen molar-refractivity contribution in [3.05, 3.63) is 54.0 Å². The summed E-state index contributed by atoms with van der Waals surface area (Å²) in [7, 11) is 0. The van der Waals surface area contributed by atoms with Crippen LogP contribution >= 0.6 is 11.3 Å². The summed E-state index contributed by atoms with van der Waals surface area (Å²) in [6.45, 7) is 7.42. The summed E-state index contributed by atoms with van der Waals surface area (Å²) in [5, 5.41) is 4.33. The second-order valence-corrected chi connectivity index (χ2v) is 6.66. The summed E-state index contributed by atoms with van der Waals surface area (Å²) in [6, 6.07) is 8.50. The zero-order valence-corrected chi connectivity index (χ0v) is 14.6. The topological polar surface area (TPSA) is 37.8 Å². The molecule has 3 rings (SSSR count). The Morgan fingerprint density at radius 3 is 2.74 bits per heavy atom. The summed E-state index contributed by atoms with van der Waals surface area (Å²) in [5.41, 5.74) is 6.20. The number of thiazole rings is 1. The fourth-order valence-corrected chi connectivity index (χ4v) is 3.46. The van der Waals surface area contributed by atoms with Crippen molar-refractivity contribution < 1.29 is 0 Å². The van der Waals surface area contributed by atoms with Gasteiger partial charge in [-0.1, -0.05) is 36.5 Å². The van der Waals surface area contributed by atoms with Gasteiger partial charge in [-0.05, 0) is 43.0 Å². The number of pyridine rings is 1. The lowest BCUT2D eigenvalue weighted by atomic mass is 9.95. The molecule has 23 heavy (non-hydrogen) atoms. The third-order valence-electron chi connectivity index (χ3n) is 4.01. The summed E-state index contributed by atoms with van der Waals surface area (Å²) >= 11 is 1.69. The van der Waals surface area contributed by atoms with Gasteiger partial charge in [0.05, 0.1) is 4.88 Å². The van der Waals surface area contributed by atoms with Gasteiger partial charge in [0.15, 0.2) is 5.13 Å². The SMILES string of the molecule is CCCNc1ncc(-c2ccncc2-c2cccc(C)c2C)s1. The van der Waals surface area contributed by atoms with Gasteiger partial charge < -0.3 is 5.32 Å². The van der Waals surface area contributed by atoms with Crippen LogP contribution in [0.5, 0.6) is 0 Å². The smallest absolute Gasteiger partial charge is 0.183 e. The van der Waals surface area contributed by atoms with Crippen LogP contribution < -0.4 is 5.32 Å². The number of hydrogen-bond acceptors (Lipinski definition) is 4. The molecule has 0 aliphatic rings. The van der Waals surface area contributed by atoms with Gasteiger partial charge in [0.2, 0.25) is 0 Å². The van der Waals surface area contributed by atoms with Crippen molar-refractivity contribution in [2.75, 3.05) is 11.9 Å². The molecule has 2 aromatic heterocycles. The first kappa shape index (κ1) is 15.7. The molecule has 0 amide bonds. The number of hydrogen-bond donors (Lipinski definition) is 1. The van der Waals surface area contributed by atoms with E-state index in [1.54, 1.807) is 11.3 Å². The molecule has 0 bridgehead atoms. The number of nitrogens with zero attached hydrogens (tertiary/aromatic N) is 2. The largest absolute Gasteiger partial charge is 0.362 e. The van der Waals surface area contributed by atoms with Crippen molar-refractivity contribution in [2.24, 2.45) is 0 Å². The Morgan fingerprint density at radius 1 is 1.04 bits per heavy atom. The number of aryl methyl sites for hydroxylation is 1. The van der Waals surface area contributed by atoms with Gasteiger partial charge in [0, 0.05) is 36.3 Å². The Kier molecular flexibility index (Phi) is 4.72. The Balaban J connectivity index is 2.04. The van der Waals surface area contributed by atoms with Crippen LogP contribution in [0.25, 0.3) is 21.6 Å². The van der Waals surface area contributed by atoms with E-state index in [0.29, 0.717) is 0 Å². The highest BCUT2D eigenvalue weighted by atomic mass is 32.1. The first-order chi connectivity index (χ1) is 11.2. The van der Waals surface area contributed by atoms with Crippen molar-refractivity contribution in [1.82, 2.24) is 9.97 Å². The Bertz CT molecular complexity index is 808. The molecule has 3 aromatic rings. The molecule has 0 saturated carbocycles. The zero-order valence-electron chi connectivity index (χ0n) is 13.8. The van der Waals surface area contributed by atoms with Crippen molar-refractivity contribution >= 4 is 16.5 Å². The van der Waals surface area contributed by atoms with Crippen LogP contribution in [0.15, 0.2) is 42.9 Å². The van der Waals surface area contributed by atoms with Gasteiger partial charge in [-0.2, -0.15) is 0 Å². The third kappa shape index (κ3) is 3.27.